The minimum absolute atomic E-state index is 0.135. The van der Waals surface area contributed by atoms with Crippen LogP contribution >= 0.6 is 0 Å². The number of ketones is 2. The molecule has 2 fully saturated rings. The summed E-state index contributed by atoms with van der Waals surface area (Å²) < 4.78 is 0. The fourth-order valence-corrected chi connectivity index (χ4v) is 5.82. The van der Waals surface area contributed by atoms with Gasteiger partial charge in [0.15, 0.2) is 0 Å². The van der Waals surface area contributed by atoms with Gasteiger partial charge in [-0.3, -0.25) is 9.59 Å². The first kappa shape index (κ1) is 13.7. The van der Waals surface area contributed by atoms with Crippen molar-refractivity contribution >= 4 is 11.6 Å². The molecule has 4 aliphatic carbocycles. The summed E-state index contributed by atoms with van der Waals surface area (Å²) >= 11 is 0. The maximum atomic E-state index is 12.3. The van der Waals surface area contributed by atoms with Gasteiger partial charge in [-0.25, -0.2) is 0 Å². The number of rotatable bonds is 0. The van der Waals surface area contributed by atoms with Crippen molar-refractivity contribution in [3.8, 4) is 0 Å². The van der Waals surface area contributed by atoms with E-state index in [-0.39, 0.29) is 11.2 Å². The number of fused-ring (bicyclic) bond motifs is 4. The molecule has 0 aromatic rings. The number of aliphatic hydroxyl groups is 1. The smallest absolute Gasteiger partial charge is 0.139 e. The van der Waals surface area contributed by atoms with Crippen molar-refractivity contribution in [3.05, 3.63) is 11.1 Å². The van der Waals surface area contributed by atoms with Crippen LogP contribution in [0.1, 0.15) is 58.3 Å². The van der Waals surface area contributed by atoms with Crippen LogP contribution in [0.25, 0.3) is 0 Å². The van der Waals surface area contributed by atoms with Crippen molar-refractivity contribution in [1.29, 1.82) is 0 Å². The third-order valence-electron chi connectivity index (χ3n) is 6.96. The standard InChI is InChI=1S/C18H24O3/c1-18-7-6-12-11-3-2-10(19)8-14(11)16(20)9-13(12)15(18)4-5-17(18)21/h12-13,15-16,20H,2-9H2,1H3/t12-,13-,15+,16-,18+/m1/s1. The van der Waals surface area contributed by atoms with Crippen molar-refractivity contribution in [3.63, 3.8) is 0 Å². The molecule has 0 saturated heterocycles. The van der Waals surface area contributed by atoms with Crippen molar-refractivity contribution in [2.45, 2.75) is 64.4 Å². The molecular formula is C18H24O3. The molecule has 0 bridgehead atoms. The van der Waals surface area contributed by atoms with E-state index in [1.807, 2.05) is 0 Å². The third kappa shape index (κ3) is 1.82. The Morgan fingerprint density at radius 2 is 1.90 bits per heavy atom. The summed E-state index contributed by atoms with van der Waals surface area (Å²) in [5.41, 5.74) is 2.30. The average molecular weight is 288 g/mol. The first-order chi connectivity index (χ1) is 10.0. The molecule has 3 heteroatoms. The zero-order valence-corrected chi connectivity index (χ0v) is 12.7. The molecule has 1 N–H and O–H groups in total. The van der Waals surface area contributed by atoms with Crippen LogP contribution in [0.2, 0.25) is 0 Å². The van der Waals surface area contributed by atoms with E-state index in [0.717, 1.165) is 44.1 Å². The fourth-order valence-electron chi connectivity index (χ4n) is 5.82. The van der Waals surface area contributed by atoms with Gasteiger partial charge < -0.3 is 5.11 Å². The fraction of sp³-hybridized carbons (Fsp3) is 0.778. The van der Waals surface area contributed by atoms with Crippen molar-refractivity contribution < 1.29 is 14.7 Å². The maximum Gasteiger partial charge on any atom is 0.139 e. The minimum Gasteiger partial charge on any atom is -0.389 e. The first-order valence-corrected chi connectivity index (χ1v) is 8.45. The van der Waals surface area contributed by atoms with Crippen LogP contribution in [0, 0.1) is 23.2 Å². The number of carbonyl (C=O) groups is 2. The molecule has 0 unspecified atom stereocenters. The highest BCUT2D eigenvalue weighted by atomic mass is 16.3. The zero-order chi connectivity index (χ0) is 14.8. The third-order valence-corrected chi connectivity index (χ3v) is 6.96. The van der Waals surface area contributed by atoms with Crippen LogP contribution in [-0.2, 0) is 9.59 Å². The van der Waals surface area contributed by atoms with Gasteiger partial charge in [-0.1, -0.05) is 12.5 Å². The lowest BCUT2D eigenvalue weighted by molar-refractivity contribution is -0.130. The normalized spacial score (nSPS) is 46.2. The van der Waals surface area contributed by atoms with E-state index in [9.17, 15) is 14.7 Å². The highest BCUT2D eigenvalue weighted by molar-refractivity contribution is 5.87. The zero-order valence-electron chi connectivity index (χ0n) is 12.7. The molecule has 3 nitrogen and oxygen atoms in total. The summed E-state index contributed by atoms with van der Waals surface area (Å²) in [6.45, 7) is 2.16. The number of aliphatic hydroxyl groups excluding tert-OH is 1. The van der Waals surface area contributed by atoms with Gasteiger partial charge in [-0.2, -0.15) is 0 Å². The Kier molecular flexibility index (Phi) is 2.94. The van der Waals surface area contributed by atoms with E-state index >= 15 is 0 Å². The molecule has 0 radical (unpaired) electrons. The SMILES string of the molecule is C[C@]12CC[C@@H]3C4=C(CC(=O)CC4)[C@H](O)C[C@H]3[C@@H]1CCC2=O. The second kappa shape index (κ2) is 4.52. The maximum absolute atomic E-state index is 12.3. The number of Topliss-reactive ketones (excluding diaryl/α,β-unsaturated/α-hetero) is 2. The largest absolute Gasteiger partial charge is 0.389 e. The van der Waals surface area contributed by atoms with Gasteiger partial charge in [0, 0.05) is 24.7 Å². The first-order valence-electron chi connectivity index (χ1n) is 8.45. The summed E-state index contributed by atoms with van der Waals surface area (Å²) in [6.07, 6.45) is 6.10. The van der Waals surface area contributed by atoms with Crippen LogP contribution < -0.4 is 0 Å². The lowest BCUT2D eigenvalue weighted by Crippen LogP contribution is -2.46. The quantitative estimate of drug-likeness (QED) is 0.697. The van der Waals surface area contributed by atoms with Crippen LogP contribution in [-0.4, -0.2) is 22.8 Å². The highest BCUT2D eigenvalue weighted by Gasteiger charge is 2.56. The second-order valence-electron chi connectivity index (χ2n) is 7.81. The molecule has 0 aliphatic heterocycles. The molecular weight excluding hydrogens is 264 g/mol. The summed E-state index contributed by atoms with van der Waals surface area (Å²) in [7, 11) is 0. The number of hydrogen-bond donors (Lipinski definition) is 1. The summed E-state index contributed by atoms with van der Waals surface area (Å²) in [5.74, 6) is 2.16. The Bertz CT molecular complexity index is 547. The second-order valence-corrected chi connectivity index (χ2v) is 7.81. The Morgan fingerprint density at radius 1 is 1.10 bits per heavy atom. The highest BCUT2D eigenvalue weighted by Crippen LogP contribution is 2.59. The Labute approximate surface area is 125 Å². The molecule has 0 amide bonds. The van der Waals surface area contributed by atoms with Crippen LogP contribution in [0.15, 0.2) is 11.1 Å². The predicted octanol–water partition coefficient (Wildman–Crippen LogP) is 2.81. The molecule has 4 aliphatic rings. The van der Waals surface area contributed by atoms with E-state index < -0.39 is 6.10 Å². The summed E-state index contributed by atoms with van der Waals surface area (Å²) in [5, 5.41) is 10.5. The summed E-state index contributed by atoms with van der Waals surface area (Å²) in [6, 6.07) is 0. The molecule has 0 heterocycles. The Hall–Kier alpha value is -0.960. The number of hydrogen-bond acceptors (Lipinski definition) is 3. The molecule has 5 atom stereocenters. The van der Waals surface area contributed by atoms with E-state index in [1.165, 1.54) is 5.57 Å². The molecule has 21 heavy (non-hydrogen) atoms. The molecule has 0 aromatic carbocycles. The van der Waals surface area contributed by atoms with E-state index in [4.69, 9.17) is 0 Å². The monoisotopic (exact) mass is 288 g/mol. The molecule has 2 saturated carbocycles. The van der Waals surface area contributed by atoms with E-state index in [2.05, 4.69) is 6.92 Å². The Morgan fingerprint density at radius 3 is 2.71 bits per heavy atom. The predicted molar refractivity (Wildman–Crippen MR) is 78.6 cm³/mol. The molecule has 0 spiro atoms. The van der Waals surface area contributed by atoms with E-state index in [1.54, 1.807) is 0 Å². The van der Waals surface area contributed by atoms with Crippen LogP contribution in [0.5, 0.6) is 0 Å². The summed E-state index contributed by atoms with van der Waals surface area (Å²) in [4.78, 5) is 24.0. The van der Waals surface area contributed by atoms with E-state index in [0.29, 0.717) is 36.4 Å². The minimum atomic E-state index is -0.441. The number of allylic oxidation sites excluding steroid dienone is 1. The molecule has 4 rings (SSSR count). The average Bonchev–Trinajstić information content (AvgIpc) is 2.76. The topological polar surface area (TPSA) is 54.4 Å². The van der Waals surface area contributed by atoms with Crippen molar-refractivity contribution in [1.82, 2.24) is 0 Å². The van der Waals surface area contributed by atoms with Gasteiger partial charge in [0.25, 0.3) is 0 Å². The van der Waals surface area contributed by atoms with Gasteiger partial charge >= 0.3 is 0 Å². The van der Waals surface area contributed by atoms with Crippen LogP contribution in [0.3, 0.4) is 0 Å². The van der Waals surface area contributed by atoms with Crippen molar-refractivity contribution in [2.24, 2.45) is 23.2 Å². The molecule has 0 aromatic heterocycles. The Balaban J connectivity index is 1.71. The van der Waals surface area contributed by atoms with Gasteiger partial charge in [-0.15, -0.1) is 0 Å². The van der Waals surface area contributed by atoms with Gasteiger partial charge in [0.2, 0.25) is 0 Å². The van der Waals surface area contributed by atoms with Gasteiger partial charge in [0.05, 0.1) is 6.10 Å². The lowest BCUT2D eigenvalue weighted by Gasteiger charge is -2.50. The van der Waals surface area contributed by atoms with Gasteiger partial charge in [0.1, 0.15) is 11.6 Å². The van der Waals surface area contributed by atoms with Crippen LogP contribution in [0.4, 0.5) is 0 Å². The van der Waals surface area contributed by atoms with Crippen molar-refractivity contribution in [2.75, 3.05) is 0 Å². The van der Waals surface area contributed by atoms with Gasteiger partial charge in [-0.05, 0) is 55.4 Å². The molecule has 114 valence electrons. The lowest BCUT2D eigenvalue weighted by atomic mass is 9.54. The number of carbonyl (C=O) groups excluding carboxylic acids is 2.